The number of likely N-dealkylation sites (N-methyl/N-ethyl adjacent to an activating group) is 1. The highest BCUT2D eigenvalue weighted by atomic mass is 16.5. The van der Waals surface area contributed by atoms with Gasteiger partial charge >= 0.3 is 5.97 Å². The summed E-state index contributed by atoms with van der Waals surface area (Å²) in [6, 6.07) is 12.3. The summed E-state index contributed by atoms with van der Waals surface area (Å²) < 4.78 is 4.73. The zero-order valence-corrected chi connectivity index (χ0v) is 16.2. The van der Waals surface area contributed by atoms with Crippen molar-refractivity contribution in [1.29, 1.82) is 0 Å². The summed E-state index contributed by atoms with van der Waals surface area (Å²) in [6.45, 7) is 0.552. The molecule has 0 aliphatic carbocycles. The number of benzene rings is 1. The Morgan fingerprint density at radius 2 is 1.90 bits per heavy atom. The summed E-state index contributed by atoms with van der Waals surface area (Å²) in [5.74, 6) is -0.177. The van der Waals surface area contributed by atoms with Gasteiger partial charge in [0, 0.05) is 37.7 Å². The van der Waals surface area contributed by atoms with Gasteiger partial charge < -0.3 is 15.0 Å². The zero-order chi connectivity index (χ0) is 20.6. The van der Waals surface area contributed by atoms with Crippen LogP contribution in [-0.4, -0.2) is 52.4 Å². The molecule has 0 unspecified atom stereocenters. The van der Waals surface area contributed by atoms with Crippen molar-refractivity contribution < 1.29 is 14.3 Å². The smallest absolute Gasteiger partial charge is 0.337 e. The maximum atomic E-state index is 12.7. The lowest BCUT2D eigenvalue weighted by molar-refractivity contribution is 0.0600. The number of carbonyl (C=O) groups is 2. The first kappa shape index (κ1) is 19.9. The molecule has 0 spiro atoms. The Bertz CT molecular complexity index is 994. The number of anilines is 2. The van der Waals surface area contributed by atoms with Crippen molar-refractivity contribution in [2.75, 3.05) is 26.0 Å². The van der Waals surface area contributed by atoms with Crippen LogP contribution in [0.1, 0.15) is 26.4 Å². The van der Waals surface area contributed by atoms with E-state index in [-0.39, 0.29) is 11.6 Å². The van der Waals surface area contributed by atoms with Gasteiger partial charge in [0.2, 0.25) is 0 Å². The van der Waals surface area contributed by atoms with Crippen molar-refractivity contribution in [3.8, 4) is 0 Å². The highest BCUT2D eigenvalue weighted by Crippen LogP contribution is 2.17. The second-order valence-corrected chi connectivity index (χ2v) is 6.32. The minimum absolute atomic E-state index is 0.201. The van der Waals surface area contributed by atoms with E-state index in [0.717, 1.165) is 12.0 Å². The molecule has 0 aliphatic heterocycles. The topological polar surface area (TPSA) is 97.3 Å². The Hall–Kier alpha value is -3.81. The molecule has 0 fully saturated rings. The highest BCUT2D eigenvalue weighted by Gasteiger charge is 2.14. The van der Waals surface area contributed by atoms with Gasteiger partial charge in [0.1, 0.15) is 17.8 Å². The van der Waals surface area contributed by atoms with Crippen LogP contribution in [0.25, 0.3) is 0 Å². The maximum absolute atomic E-state index is 12.7. The van der Waals surface area contributed by atoms with E-state index in [4.69, 9.17) is 4.74 Å². The number of esters is 1. The van der Waals surface area contributed by atoms with Gasteiger partial charge in [-0.05, 0) is 42.3 Å². The highest BCUT2D eigenvalue weighted by molar-refractivity contribution is 5.93. The Labute approximate surface area is 168 Å². The van der Waals surface area contributed by atoms with Crippen LogP contribution in [0.4, 0.5) is 11.5 Å². The van der Waals surface area contributed by atoms with Gasteiger partial charge in [0.05, 0.1) is 12.7 Å². The first-order valence-electron chi connectivity index (χ1n) is 8.98. The van der Waals surface area contributed by atoms with Gasteiger partial charge in [-0.1, -0.05) is 6.07 Å². The first-order valence-corrected chi connectivity index (χ1v) is 8.98. The van der Waals surface area contributed by atoms with E-state index < -0.39 is 5.97 Å². The van der Waals surface area contributed by atoms with Crippen molar-refractivity contribution >= 4 is 23.4 Å². The van der Waals surface area contributed by atoms with Gasteiger partial charge in [-0.25, -0.2) is 14.8 Å². The van der Waals surface area contributed by atoms with E-state index in [2.05, 4.69) is 20.3 Å². The summed E-state index contributed by atoms with van der Waals surface area (Å²) in [5, 5.41) is 3.08. The fraction of sp³-hybridized carbons (Fsp3) is 0.190. The molecule has 148 valence electrons. The molecule has 1 amide bonds. The van der Waals surface area contributed by atoms with Gasteiger partial charge in [-0.15, -0.1) is 0 Å². The van der Waals surface area contributed by atoms with Crippen LogP contribution in [-0.2, 0) is 11.2 Å². The number of hydrogen-bond donors (Lipinski definition) is 1. The Balaban J connectivity index is 1.67. The standard InChI is InChI=1S/C21H21N5O3/c1-26(11-8-15-6-9-22-10-7-15)20(27)18-13-19(24-14-23-18)25-17-5-3-4-16(12-17)21(28)29-2/h3-7,9-10,12-14H,8,11H2,1-2H3,(H,23,24,25). The molecule has 8 heteroatoms. The number of carbonyl (C=O) groups excluding carboxylic acids is 2. The number of rotatable bonds is 7. The molecule has 0 saturated heterocycles. The lowest BCUT2D eigenvalue weighted by Gasteiger charge is -2.17. The molecular weight excluding hydrogens is 370 g/mol. The van der Waals surface area contributed by atoms with E-state index in [1.807, 2.05) is 12.1 Å². The van der Waals surface area contributed by atoms with Crippen LogP contribution in [0.15, 0.2) is 61.2 Å². The molecule has 0 aliphatic rings. The molecular formula is C21H21N5O3. The Morgan fingerprint density at radius 1 is 1.10 bits per heavy atom. The Kier molecular flexibility index (Phi) is 6.47. The molecule has 1 N–H and O–H groups in total. The number of pyridine rings is 1. The number of amides is 1. The molecule has 1 aromatic carbocycles. The average Bonchev–Trinajstić information content (AvgIpc) is 2.77. The average molecular weight is 391 g/mol. The van der Waals surface area contributed by atoms with Gasteiger partial charge in [0.15, 0.2) is 0 Å². The molecule has 2 heterocycles. The molecule has 0 bridgehead atoms. The Morgan fingerprint density at radius 3 is 2.66 bits per heavy atom. The third-order valence-electron chi connectivity index (χ3n) is 4.27. The predicted molar refractivity (Wildman–Crippen MR) is 108 cm³/mol. The SMILES string of the molecule is COC(=O)c1cccc(Nc2cc(C(=O)N(C)CCc3ccncc3)ncn2)c1. The van der Waals surface area contributed by atoms with Crippen LogP contribution in [0.2, 0.25) is 0 Å². The summed E-state index contributed by atoms with van der Waals surface area (Å²) >= 11 is 0. The largest absolute Gasteiger partial charge is 0.465 e. The normalized spacial score (nSPS) is 10.3. The second-order valence-electron chi connectivity index (χ2n) is 6.32. The number of hydrogen-bond acceptors (Lipinski definition) is 7. The number of methoxy groups -OCH3 is 1. The van der Waals surface area contributed by atoms with Crippen molar-refractivity contribution in [2.24, 2.45) is 0 Å². The molecule has 0 atom stereocenters. The van der Waals surface area contributed by atoms with Crippen molar-refractivity contribution in [3.63, 3.8) is 0 Å². The molecule has 8 nitrogen and oxygen atoms in total. The lowest BCUT2D eigenvalue weighted by atomic mass is 10.2. The zero-order valence-electron chi connectivity index (χ0n) is 16.2. The summed E-state index contributed by atoms with van der Waals surface area (Å²) in [7, 11) is 3.06. The van der Waals surface area contributed by atoms with E-state index in [1.54, 1.807) is 54.7 Å². The van der Waals surface area contributed by atoms with Crippen LogP contribution < -0.4 is 5.32 Å². The van der Waals surface area contributed by atoms with Crippen LogP contribution in [0.3, 0.4) is 0 Å². The lowest BCUT2D eigenvalue weighted by Crippen LogP contribution is -2.29. The molecule has 3 aromatic rings. The molecule has 3 rings (SSSR count). The third kappa shape index (κ3) is 5.35. The number of ether oxygens (including phenoxy) is 1. The van der Waals surface area contributed by atoms with E-state index in [1.165, 1.54) is 13.4 Å². The van der Waals surface area contributed by atoms with Crippen molar-refractivity contribution in [2.45, 2.75) is 6.42 Å². The van der Waals surface area contributed by atoms with Gasteiger partial charge in [0.25, 0.3) is 5.91 Å². The minimum atomic E-state index is -0.428. The predicted octanol–water partition coefficient (Wildman–Crippen LogP) is 2.72. The third-order valence-corrected chi connectivity index (χ3v) is 4.27. The quantitative estimate of drug-likeness (QED) is 0.619. The maximum Gasteiger partial charge on any atom is 0.337 e. The molecule has 2 aromatic heterocycles. The minimum Gasteiger partial charge on any atom is -0.465 e. The van der Waals surface area contributed by atoms with E-state index in [9.17, 15) is 9.59 Å². The fourth-order valence-electron chi connectivity index (χ4n) is 2.68. The summed E-state index contributed by atoms with van der Waals surface area (Å²) in [4.78, 5) is 38.2. The van der Waals surface area contributed by atoms with E-state index in [0.29, 0.717) is 23.6 Å². The molecule has 29 heavy (non-hydrogen) atoms. The van der Waals surface area contributed by atoms with E-state index >= 15 is 0 Å². The molecule has 0 saturated carbocycles. The fourth-order valence-corrected chi connectivity index (χ4v) is 2.68. The monoisotopic (exact) mass is 391 g/mol. The summed E-state index contributed by atoms with van der Waals surface area (Å²) in [5.41, 5.74) is 2.45. The molecule has 0 radical (unpaired) electrons. The van der Waals surface area contributed by atoms with Crippen molar-refractivity contribution in [1.82, 2.24) is 19.9 Å². The van der Waals surface area contributed by atoms with Crippen LogP contribution in [0.5, 0.6) is 0 Å². The number of aromatic nitrogens is 3. The van der Waals surface area contributed by atoms with Crippen molar-refractivity contribution in [3.05, 3.63) is 78.0 Å². The van der Waals surface area contributed by atoms with Crippen LogP contribution in [0, 0.1) is 0 Å². The second kappa shape index (κ2) is 9.41. The van der Waals surface area contributed by atoms with Gasteiger partial charge in [-0.2, -0.15) is 0 Å². The van der Waals surface area contributed by atoms with Crippen LogP contribution >= 0.6 is 0 Å². The number of nitrogens with one attached hydrogen (secondary N) is 1. The van der Waals surface area contributed by atoms with Gasteiger partial charge in [-0.3, -0.25) is 9.78 Å². The number of nitrogens with zero attached hydrogens (tertiary/aromatic N) is 4. The summed E-state index contributed by atoms with van der Waals surface area (Å²) in [6.07, 6.45) is 5.52. The first-order chi connectivity index (χ1) is 14.1.